The standard InChI is InChI=1S/C11H13N5O5S/c1-3-20-10(17)6-22-11-14-13-8(21-11)5-15-7(2)12-4-9(15)16(18)19/h4H,3,5-6H2,1-2H3. The van der Waals surface area contributed by atoms with Crippen molar-refractivity contribution in [2.45, 2.75) is 25.6 Å². The summed E-state index contributed by atoms with van der Waals surface area (Å²) in [4.78, 5) is 25.5. The summed E-state index contributed by atoms with van der Waals surface area (Å²) in [5.41, 5.74) is 0. The number of carbonyl (C=O) groups excluding carboxylic acids is 1. The van der Waals surface area contributed by atoms with Crippen molar-refractivity contribution < 1.29 is 18.9 Å². The van der Waals surface area contributed by atoms with Crippen LogP contribution in [-0.2, 0) is 16.1 Å². The largest absolute Gasteiger partial charge is 0.465 e. The van der Waals surface area contributed by atoms with Gasteiger partial charge < -0.3 is 19.3 Å². The first-order valence-electron chi connectivity index (χ1n) is 6.28. The van der Waals surface area contributed by atoms with Crippen LogP contribution in [0.5, 0.6) is 0 Å². The second kappa shape index (κ2) is 7.02. The summed E-state index contributed by atoms with van der Waals surface area (Å²) < 4.78 is 11.5. The Morgan fingerprint density at radius 1 is 1.55 bits per heavy atom. The molecule has 118 valence electrons. The van der Waals surface area contributed by atoms with Crippen LogP contribution in [-0.4, -0.2) is 43.0 Å². The Morgan fingerprint density at radius 2 is 2.32 bits per heavy atom. The molecular weight excluding hydrogens is 314 g/mol. The van der Waals surface area contributed by atoms with Crippen molar-refractivity contribution in [1.29, 1.82) is 0 Å². The minimum absolute atomic E-state index is 0.0368. The maximum atomic E-state index is 11.2. The number of carbonyl (C=O) groups is 1. The smallest absolute Gasteiger partial charge is 0.343 e. The molecule has 11 heteroatoms. The van der Waals surface area contributed by atoms with Crippen LogP contribution in [0.1, 0.15) is 18.6 Å². The third kappa shape index (κ3) is 3.81. The molecule has 0 bridgehead atoms. The Balaban J connectivity index is 2.02. The number of nitrogens with zero attached hydrogens (tertiary/aromatic N) is 5. The molecule has 2 aromatic rings. The second-order valence-corrected chi connectivity index (χ2v) is 4.99. The topological polar surface area (TPSA) is 126 Å². The SMILES string of the molecule is CCOC(=O)CSc1nnc(Cn2c([N+](=O)[O-])cnc2C)o1. The van der Waals surface area contributed by atoms with E-state index in [4.69, 9.17) is 9.15 Å². The van der Waals surface area contributed by atoms with Crippen molar-refractivity contribution in [3.63, 3.8) is 0 Å². The molecule has 2 rings (SSSR count). The molecule has 0 N–H and O–H groups in total. The van der Waals surface area contributed by atoms with Crippen molar-refractivity contribution in [3.05, 3.63) is 28.0 Å². The number of esters is 1. The summed E-state index contributed by atoms with van der Waals surface area (Å²) in [6, 6.07) is 0. The zero-order chi connectivity index (χ0) is 16.1. The van der Waals surface area contributed by atoms with E-state index < -0.39 is 4.92 Å². The molecule has 0 spiro atoms. The lowest BCUT2D eigenvalue weighted by molar-refractivity contribution is -0.392. The summed E-state index contributed by atoms with van der Waals surface area (Å²) in [6.07, 6.45) is 1.17. The van der Waals surface area contributed by atoms with Crippen LogP contribution >= 0.6 is 11.8 Å². The van der Waals surface area contributed by atoms with E-state index in [9.17, 15) is 14.9 Å². The zero-order valence-corrected chi connectivity index (χ0v) is 12.7. The number of hydrogen-bond acceptors (Lipinski definition) is 9. The van der Waals surface area contributed by atoms with Crippen LogP contribution in [0.4, 0.5) is 5.82 Å². The molecule has 22 heavy (non-hydrogen) atoms. The highest BCUT2D eigenvalue weighted by Crippen LogP contribution is 2.19. The number of aryl methyl sites for hydroxylation is 1. The molecule has 0 amide bonds. The van der Waals surface area contributed by atoms with Gasteiger partial charge in [-0.25, -0.2) is 9.55 Å². The van der Waals surface area contributed by atoms with E-state index in [1.165, 1.54) is 10.8 Å². The van der Waals surface area contributed by atoms with Crippen LogP contribution in [0, 0.1) is 17.0 Å². The van der Waals surface area contributed by atoms with Crippen LogP contribution in [0.15, 0.2) is 15.8 Å². The Morgan fingerprint density at radius 3 is 3.00 bits per heavy atom. The van der Waals surface area contributed by atoms with Gasteiger partial charge in [-0.3, -0.25) is 4.79 Å². The predicted octanol–water partition coefficient (Wildman–Crippen LogP) is 1.19. The van der Waals surface area contributed by atoms with Gasteiger partial charge in [-0.2, -0.15) is 0 Å². The van der Waals surface area contributed by atoms with Crippen LogP contribution in [0.2, 0.25) is 0 Å². The first-order valence-corrected chi connectivity index (χ1v) is 7.27. The van der Waals surface area contributed by atoms with Crippen LogP contribution in [0.3, 0.4) is 0 Å². The highest BCUT2D eigenvalue weighted by Gasteiger charge is 2.20. The lowest BCUT2D eigenvalue weighted by Crippen LogP contribution is -2.06. The Bertz CT molecular complexity index is 682. The minimum atomic E-state index is -0.535. The highest BCUT2D eigenvalue weighted by atomic mass is 32.2. The number of imidazole rings is 1. The summed E-state index contributed by atoms with van der Waals surface area (Å²) in [5.74, 6) is 0.172. The first kappa shape index (κ1) is 15.9. The van der Waals surface area contributed by atoms with Crippen molar-refractivity contribution in [1.82, 2.24) is 19.7 Å². The third-order valence-electron chi connectivity index (χ3n) is 2.58. The maximum Gasteiger partial charge on any atom is 0.343 e. The molecule has 0 unspecified atom stereocenters. The highest BCUT2D eigenvalue weighted by molar-refractivity contribution is 7.99. The number of nitro groups is 1. The number of rotatable bonds is 7. The molecule has 0 fully saturated rings. The Kier molecular flexibility index (Phi) is 5.09. The predicted molar refractivity (Wildman–Crippen MR) is 74.4 cm³/mol. The summed E-state index contributed by atoms with van der Waals surface area (Å²) in [7, 11) is 0. The fourth-order valence-electron chi connectivity index (χ4n) is 1.62. The zero-order valence-electron chi connectivity index (χ0n) is 11.9. The molecule has 2 heterocycles. The lowest BCUT2D eigenvalue weighted by Gasteiger charge is -1.99. The number of hydrogen-bond donors (Lipinski definition) is 0. The molecular formula is C11H13N5O5S. The van der Waals surface area contributed by atoms with Crippen molar-refractivity contribution in [3.8, 4) is 0 Å². The van der Waals surface area contributed by atoms with E-state index in [2.05, 4.69) is 15.2 Å². The van der Waals surface area contributed by atoms with E-state index in [0.717, 1.165) is 11.8 Å². The van der Waals surface area contributed by atoms with Gasteiger partial charge in [-0.15, -0.1) is 10.2 Å². The normalized spacial score (nSPS) is 10.6. The van der Waals surface area contributed by atoms with E-state index in [-0.39, 0.29) is 35.2 Å². The van der Waals surface area contributed by atoms with Crippen LogP contribution < -0.4 is 0 Å². The van der Waals surface area contributed by atoms with E-state index in [0.29, 0.717) is 12.4 Å². The third-order valence-corrected chi connectivity index (χ3v) is 3.37. The fraction of sp³-hybridized carbons (Fsp3) is 0.455. The van der Waals surface area contributed by atoms with Crippen molar-refractivity contribution in [2.24, 2.45) is 0 Å². The quantitative estimate of drug-likeness (QED) is 0.319. The van der Waals surface area contributed by atoms with Crippen molar-refractivity contribution >= 4 is 23.5 Å². The molecule has 0 aliphatic carbocycles. The molecule has 0 aliphatic rings. The summed E-state index contributed by atoms with van der Waals surface area (Å²) >= 11 is 1.04. The van der Waals surface area contributed by atoms with Gasteiger partial charge in [-0.05, 0) is 11.8 Å². The molecule has 2 aromatic heterocycles. The number of aromatic nitrogens is 4. The van der Waals surface area contributed by atoms with E-state index in [1.54, 1.807) is 13.8 Å². The maximum absolute atomic E-state index is 11.2. The number of thioether (sulfide) groups is 1. The van der Waals surface area contributed by atoms with Gasteiger partial charge in [0.15, 0.2) is 12.4 Å². The Hall–Kier alpha value is -2.43. The van der Waals surface area contributed by atoms with Gasteiger partial charge in [-0.1, -0.05) is 11.8 Å². The number of ether oxygens (including phenoxy) is 1. The van der Waals surface area contributed by atoms with Gasteiger partial charge >= 0.3 is 11.8 Å². The summed E-state index contributed by atoms with van der Waals surface area (Å²) in [5, 5.41) is 18.7. The van der Waals surface area contributed by atoms with Gasteiger partial charge in [0.05, 0.1) is 6.61 Å². The van der Waals surface area contributed by atoms with Gasteiger partial charge in [0.2, 0.25) is 0 Å². The molecule has 0 radical (unpaired) electrons. The Labute approximate surface area is 129 Å². The molecule has 0 aliphatic heterocycles. The molecule has 0 aromatic carbocycles. The monoisotopic (exact) mass is 327 g/mol. The van der Waals surface area contributed by atoms with Crippen LogP contribution in [0.25, 0.3) is 0 Å². The van der Waals surface area contributed by atoms with E-state index >= 15 is 0 Å². The van der Waals surface area contributed by atoms with Gasteiger partial charge in [0, 0.05) is 6.92 Å². The average Bonchev–Trinajstić information content (AvgIpc) is 3.05. The molecule has 0 atom stereocenters. The van der Waals surface area contributed by atoms with E-state index in [1.807, 2.05) is 0 Å². The van der Waals surface area contributed by atoms with Crippen molar-refractivity contribution in [2.75, 3.05) is 12.4 Å². The molecule has 0 saturated carbocycles. The second-order valence-electron chi connectivity index (χ2n) is 4.06. The average molecular weight is 327 g/mol. The first-order chi connectivity index (χ1) is 10.5. The van der Waals surface area contributed by atoms with Gasteiger partial charge in [0.1, 0.15) is 11.9 Å². The van der Waals surface area contributed by atoms with Gasteiger partial charge in [0.25, 0.3) is 11.1 Å². The fourth-order valence-corrected chi connectivity index (χ4v) is 2.19. The lowest BCUT2D eigenvalue weighted by atomic mass is 10.5. The summed E-state index contributed by atoms with van der Waals surface area (Å²) in [6.45, 7) is 3.70. The minimum Gasteiger partial charge on any atom is -0.465 e. The molecule has 10 nitrogen and oxygen atoms in total. The molecule has 0 saturated heterocycles.